The van der Waals surface area contributed by atoms with Crippen LogP contribution < -0.4 is 10.1 Å². The van der Waals surface area contributed by atoms with Gasteiger partial charge in [0.15, 0.2) is 5.60 Å². The minimum absolute atomic E-state index is 0.0538. The third kappa shape index (κ3) is 6.31. The number of benzene rings is 2. The van der Waals surface area contributed by atoms with Crippen LogP contribution in [0.5, 0.6) is 5.75 Å². The molecule has 1 amide bonds. The van der Waals surface area contributed by atoms with Gasteiger partial charge in [-0.3, -0.25) is 4.79 Å². The highest BCUT2D eigenvalue weighted by molar-refractivity contribution is 5.86. The SMILES string of the molecule is [2H]C([2H])([2H])C(O)(C(=O)N[C@H](c1ccc(OCC(C)CCC)cc1)C(C)(C)O)c1ccccc1. The van der Waals surface area contributed by atoms with E-state index in [9.17, 15) is 15.0 Å². The average Bonchev–Trinajstić information content (AvgIpc) is 2.75. The topological polar surface area (TPSA) is 78.8 Å². The summed E-state index contributed by atoms with van der Waals surface area (Å²) in [7, 11) is 0. The van der Waals surface area contributed by atoms with Crippen molar-refractivity contribution in [2.24, 2.45) is 5.92 Å². The minimum atomic E-state index is -3.03. The van der Waals surface area contributed by atoms with Crippen molar-refractivity contribution in [1.82, 2.24) is 5.32 Å². The van der Waals surface area contributed by atoms with Crippen LogP contribution in [0.3, 0.4) is 0 Å². The molecule has 0 saturated carbocycles. The summed E-state index contributed by atoms with van der Waals surface area (Å²) in [4.78, 5) is 13.2. The average molecular weight is 417 g/mol. The van der Waals surface area contributed by atoms with Gasteiger partial charge in [0.1, 0.15) is 5.75 Å². The summed E-state index contributed by atoms with van der Waals surface area (Å²) in [5.74, 6) is -0.0333. The quantitative estimate of drug-likeness (QED) is 0.538. The minimum Gasteiger partial charge on any atom is -0.493 e. The molecule has 0 fully saturated rings. The highest BCUT2D eigenvalue weighted by atomic mass is 16.5. The van der Waals surface area contributed by atoms with Crippen molar-refractivity contribution in [3.8, 4) is 5.75 Å². The molecule has 5 heteroatoms. The Balaban J connectivity index is 2.29. The first-order valence-corrected chi connectivity index (χ1v) is 10.3. The Morgan fingerprint density at radius 2 is 1.77 bits per heavy atom. The number of carbonyl (C=O) groups is 1. The molecular formula is C25H35NO4. The summed E-state index contributed by atoms with van der Waals surface area (Å²) < 4.78 is 29.3. The van der Waals surface area contributed by atoms with Gasteiger partial charge in [-0.15, -0.1) is 0 Å². The maximum absolute atomic E-state index is 13.2. The van der Waals surface area contributed by atoms with E-state index in [-0.39, 0.29) is 5.56 Å². The fourth-order valence-corrected chi connectivity index (χ4v) is 3.28. The van der Waals surface area contributed by atoms with Crippen LogP contribution in [-0.2, 0) is 10.4 Å². The zero-order valence-electron chi connectivity index (χ0n) is 21.2. The van der Waals surface area contributed by atoms with E-state index >= 15 is 0 Å². The van der Waals surface area contributed by atoms with Crippen molar-refractivity contribution in [3.05, 3.63) is 65.7 Å². The lowest BCUT2D eigenvalue weighted by molar-refractivity contribution is -0.141. The molecule has 0 aliphatic carbocycles. The van der Waals surface area contributed by atoms with Crippen molar-refractivity contribution >= 4 is 5.91 Å². The van der Waals surface area contributed by atoms with Gasteiger partial charge >= 0.3 is 0 Å². The van der Waals surface area contributed by atoms with E-state index in [0.29, 0.717) is 23.8 Å². The van der Waals surface area contributed by atoms with Gasteiger partial charge in [0.25, 0.3) is 5.91 Å². The number of ether oxygens (including phenoxy) is 1. The molecule has 0 aliphatic heterocycles. The van der Waals surface area contributed by atoms with Gasteiger partial charge in [-0.1, -0.05) is 62.7 Å². The zero-order valence-corrected chi connectivity index (χ0v) is 18.2. The van der Waals surface area contributed by atoms with E-state index in [2.05, 4.69) is 19.2 Å². The predicted octanol–water partition coefficient (Wildman–Crippen LogP) is 4.34. The van der Waals surface area contributed by atoms with Crippen molar-refractivity contribution in [1.29, 1.82) is 0 Å². The van der Waals surface area contributed by atoms with Gasteiger partial charge in [0.2, 0.25) is 0 Å². The van der Waals surface area contributed by atoms with E-state index in [1.807, 2.05) is 0 Å². The Hall–Kier alpha value is -2.37. The second-order valence-electron chi connectivity index (χ2n) is 8.41. The van der Waals surface area contributed by atoms with E-state index in [0.717, 1.165) is 12.8 Å². The first-order chi connectivity index (χ1) is 15.3. The molecule has 0 radical (unpaired) electrons. The first kappa shape index (κ1) is 19.6. The van der Waals surface area contributed by atoms with E-state index < -0.39 is 30.0 Å². The standard InChI is InChI=1S/C25H35NO4/c1-6-10-18(2)17-30-21-15-13-19(14-16-21)22(24(3,4)28)26-23(27)25(5,29)20-11-8-7-9-12-20/h7-9,11-16,18,22,28-29H,6,10,17H2,1-5H3,(H,26,27)/t18?,22-,25?/m1/s1/i5D3. The number of hydrogen-bond acceptors (Lipinski definition) is 4. The molecule has 0 aromatic heterocycles. The van der Waals surface area contributed by atoms with Crippen molar-refractivity contribution in [2.45, 2.75) is 64.6 Å². The number of nitrogens with one attached hydrogen (secondary N) is 1. The van der Waals surface area contributed by atoms with E-state index in [1.54, 1.807) is 42.5 Å². The molecule has 5 nitrogen and oxygen atoms in total. The largest absolute Gasteiger partial charge is 0.493 e. The van der Waals surface area contributed by atoms with Crippen LogP contribution in [0.25, 0.3) is 0 Å². The molecule has 30 heavy (non-hydrogen) atoms. The number of rotatable bonds is 10. The van der Waals surface area contributed by atoms with E-state index in [1.165, 1.54) is 26.0 Å². The third-order valence-corrected chi connectivity index (χ3v) is 5.03. The van der Waals surface area contributed by atoms with E-state index in [4.69, 9.17) is 8.85 Å². The molecule has 2 unspecified atom stereocenters. The second-order valence-corrected chi connectivity index (χ2v) is 8.41. The number of amides is 1. The summed E-state index contributed by atoms with van der Waals surface area (Å²) >= 11 is 0. The van der Waals surface area contributed by atoms with Crippen molar-refractivity contribution in [3.63, 3.8) is 0 Å². The molecule has 0 bridgehead atoms. The van der Waals surface area contributed by atoms with Crippen LogP contribution >= 0.6 is 0 Å². The zero-order chi connectivity index (χ0) is 24.9. The normalized spacial score (nSPS) is 17.6. The predicted molar refractivity (Wildman–Crippen MR) is 119 cm³/mol. The summed E-state index contributed by atoms with van der Waals surface area (Å²) in [5.41, 5.74) is -3.73. The monoisotopic (exact) mass is 416 g/mol. The fourth-order valence-electron chi connectivity index (χ4n) is 3.28. The molecular weight excluding hydrogens is 378 g/mol. The second kappa shape index (κ2) is 10.1. The smallest absolute Gasteiger partial charge is 0.256 e. The Morgan fingerprint density at radius 1 is 1.13 bits per heavy atom. The summed E-state index contributed by atoms with van der Waals surface area (Å²) in [6.45, 7) is 4.81. The summed E-state index contributed by atoms with van der Waals surface area (Å²) in [5, 5.41) is 24.4. The maximum atomic E-state index is 13.2. The Bertz CT molecular complexity index is 895. The maximum Gasteiger partial charge on any atom is 0.256 e. The van der Waals surface area contributed by atoms with Gasteiger partial charge in [0, 0.05) is 4.11 Å². The van der Waals surface area contributed by atoms with Gasteiger partial charge < -0.3 is 20.3 Å². The Morgan fingerprint density at radius 3 is 2.30 bits per heavy atom. The third-order valence-electron chi connectivity index (χ3n) is 5.03. The van der Waals surface area contributed by atoms with Crippen LogP contribution in [0.2, 0.25) is 0 Å². The molecule has 2 rings (SSSR count). The van der Waals surface area contributed by atoms with Crippen LogP contribution in [0.1, 0.15) is 68.7 Å². The number of hydrogen-bond donors (Lipinski definition) is 3. The van der Waals surface area contributed by atoms with Crippen LogP contribution in [0.4, 0.5) is 0 Å². The van der Waals surface area contributed by atoms with Gasteiger partial charge in [0.05, 0.1) is 18.2 Å². The van der Waals surface area contributed by atoms with Gasteiger partial charge in [-0.05, 0) is 56.3 Å². The summed E-state index contributed by atoms with van der Waals surface area (Å²) in [6, 6.07) is 13.5. The molecule has 3 N–H and O–H groups in total. The molecule has 3 atom stereocenters. The lowest BCUT2D eigenvalue weighted by Gasteiger charge is -2.33. The molecule has 2 aromatic rings. The van der Waals surface area contributed by atoms with Crippen molar-refractivity contribution < 1.29 is 23.9 Å². The molecule has 0 heterocycles. The van der Waals surface area contributed by atoms with Gasteiger partial charge in [-0.2, -0.15) is 0 Å². The van der Waals surface area contributed by atoms with Gasteiger partial charge in [-0.25, -0.2) is 0 Å². The number of aliphatic hydroxyl groups is 2. The first-order valence-electron chi connectivity index (χ1n) is 11.8. The molecule has 164 valence electrons. The molecule has 0 saturated heterocycles. The van der Waals surface area contributed by atoms with Crippen LogP contribution in [-0.4, -0.2) is 28.3 Å². The fraction of sp³-hybridized carbons (Fsp3) is 0.480. The summed E-state index contributed by atoms with van der Waals surface area (Å²) in [6.07, 6.45) is 2.15. The highest BCUT2D eigenvalue weighted by Crippen LogP contribution is 2.29. The highest BCUT2D eigenvalue weighted by Gasteiger charge is 2.37. The van der Waals surface area contributed by atoms with Crippen molar-refractivity contribution in [2.75, 3.05) is 6.61 Å². The lowest BCUT2D eigenvalue weighted by Crippen LogP contribution is -2.49. The van der Waals surface area contributed by atoms with Crippen LogP contribution in [0, 0.1) is 5.92 Å². The molecule has 2 aromatic carbocycles. The lowest BCUT2D eigenvalue weighted by atomic mass is 9.89. The number of carbonyl (C=O) groups excluding carboxylic acids is 1. The Kier molecular flexibility index (Phi) is 6.59. The molecule has 0 aliphatic rings. The molecule has 0 spiro atoms. The van der Waals surface area contributed by atoms with Crippen LogP contribution in [0.15, 0.2) is 54.6 Å². The Labute approximate surface area is 184 Å².